The Labute approximate surface area is 189 Å². The van der Waals surface area contributed by atoms with Crippen molar-refractivity contribution in [1.29, 1.82) is 0 Å². The van der Waals surface area contributed by atoms with Crippen LogP contribution in [0.25, 0.3) is 0 Å². The molecule has 1 aromatic rings. The Morgan fingerprint density at radius 2 is 2.19 bits per heavy atom. The number of nitrogens with zero attached hydrogens (tertiary/aromatic N) is 5. The lowest BCUT2D eigenvalue weighted by Crippen LogP contribution is -2.29. The van der Waals surface area contributed by atoms with E-state index in [4.69, 9.17) is 4.74 Å². The van der Waals surface area contributed by atoms with Crippen molar-refractivity contribution in [2.24, 2.45) is 15.9 Å². The third-order valence-corrected chi connectivity index (χ3v) is 7.99. The van der Waals surface area contributed by atoms with Gasteiger partial charge in [0.2, 0.25) is 0 Å². The molecule has 1 amide bonds. The Morgan fingerprint density at radius 1 is 1.38 bits per heavy atom. The minimum atomic E-state index is -3.06. The molecule has 1 aliphatic carbocycles. The van der Waals surface area contributed by atoms with E-state index in [1.54, 1.807) is 12.2 Å². The second kappa shape index (κ2) is 8.94. The summed E-state index contributed by atoms with van der Waals surface area (Å²) >= 11 is 1.30. The van der Waals surface area contributed by atoms with Gasteiger partial charge in [-0.2, -0.15) is 4.99 Å². The molecule has 0 radical (unpaired) electrons. The van der Waals surface area contributed by atoms with E-state index in [9.17, 15) is 18.0 Å². The highest BCUT2D eigenvalue weighted by atomic mass is 32.2. The Morgan fingerprint density at radius 3 is 2.88 bits per heavy atom. The van der Waals surface area contributed by atoms with Crippen molar-refractivity contribution >= 4 is 45.0 Å². The summed E-state index contributed by atoms with van der Waals surface area (Å²) in [7, 11) is -1.77. The van der Waals surface area contributed by atoms with Crippen LogP contribution in [0.15, 0.2) is 51.6 Å². The molecule has 0 spiro atoms. The van der Waals surface area contributed by atoms with Gasteiger partial charge in [-0.25, -0.2) is 18.2 Å². The van der Waals surface area contributed by atoms with E-state index in [1.165, 1.54) is 31.0 Å². The molecule has 1 aromatic heterocycles. The summed E-state index contributed by atoms with van der Waals surface area (Å²) in [5, 5.41) is 9.02. The molecule has 168 valence electrons. The maximum Gasteiger partial charge on any atom is 0.337 e. The maximum absolute atomic E-state index is 12.4. The summed E-state index contributed by atoms with van der Waals surface area (Å²) in [5.74, 6) is -0.293. The van der Waals surface area contributed by atoms with Gasteiger partial charge in [0.05, 0.1) is 35.7 Å². The third kappa shape index (κ3) is 4.51. The molecule has 1 fully saturated rings. The number of fused-ring (bicyclic) bond motifs is 1. The number of aliphatic imine (C=N–C) groups is 2. The number of hydrogen-bond donors (Lipinski definition) is 0. The summed E-state index contributed by atoms with van der Waals surface area (Å²) in [4.78, 5) is 32.7. The van der Waals surface area contributed by atoms with Crippen LogP contribution >= 0.6 is 11.8 Å². The third-order valence-electron chi connectivity index (χ3n) is 5.26. The fourth-order valence-corrected chi connectivity index (χ4v) is 6.27. The smallest absolute Gasteiger partial charge is 0.337 e. The molecule has 3 heterocycles. The molecule has 12 heteroatoms. The molecule has 1 saturated heterocycles. The van der Waals surface area contributed by atoms with Crippen LogP contribution in [0.5, 0.6) is 0 Å². The van der Waals surface area contributed by atoms with Gasteiger partial charge in [-0.15, -0.1) is 16.8 Å². The standard InChI is InChI=1S/C20H21N5O5S2/c1-3-7-25-17(13-6-8-32(28,29)11-13)23-24-20(25)31-10-16-21-15-9-12(19(27)30-2)4-5-14(15)18(26)22-16/h3-5,9,13-14H,1,6-8,10-11H2,2H3. The highest BCUT2D eigenvalue weighted by Gasteiger charge is 2.33. The number of allylic oxidation sites excluding steroid dienone is 2. The van der Waals surface area contributed by atoms with Gasteiger partial charge in [-0.05, 0) is 12.5 Å². The molecular formula is C20H21N5O5S2. The van der Waals surface area contributed by atoms with Gasteiger partial charge in [0.15, 0.2) is 15.0 Å². The van der Waals surface area contributed by atoms with Crippen molar-refractivity contribution in [3.05, 3.63) is 42.3 Å². The largest absolute Gasteiger partial charge is 0.465 e. The molecule has 0 bridgehead atoms. The monoisotopic (exact) mass is 475 g/mol. The first-order valence-electron chi connectivity index (χ1n) is 9.86. The Bertz CT molecular complexity index is 1210. The molecule has 10 nitrogen and oxygen atoms in total. The number of hydrogen-bond acceptors (Lipinski definition) is 9. The fraction of sp³-hybridized carbons (Fsp3) is 0.400. The van der Waals surface area contributed by atoms with Gasteiger partial charge in [-0.1, -0.05) is 30.0 Å². The number of esters is 1. The van der Waals surface area contributed by atoms with Crippen LogP contribution in [-0.2, 0) is 30.7 Å². The highest BCUT2D eigenvalue weighted by Crippen LogP contribution is 2.30. The number of amidine groups is 1. The lowest BCUT2D eigenvalue weighted by molar-refractivity contribution is -0.135. The van der Waals surface area contributed by atoms with Crippen LogP contribution in [0.3, 0.4) is 0 Å². The summed E-state index contributed by atoms with van der Waals surface area (Å²) in [6.07, 6.45) is 6.86. The summed E-state index contributed by atoms with van der Waals surface area (Å²) in [6.45, 7) is 4.19. The van der Waals surface area contributed by atoms with Gasteiger partial charge < -0.3 is 9.30 Å². The van der Waals surface area contributed by atoms with Crippen LogP contribution in [0.1, 0.15) is 18.2 Å². The fourth-order valence-electron chi connectivity index (χ4n) is 3.72. The highest BCUT2D eigenvalue weighted by molar-refractivity contribution is 7.99. The molecule has 2 aliphatic heterocycles. The topological polar surface area (TPSA) is 133 Å². The summed E-state index contributed by atoms with van der Waals surface area (Å²) in [5.41, 5.74) is 0.749. The zero-order chi connectivity index (χ0) is 22.9. The van der Waals surface area contributed by atoms with Crippen LogP contribution in [-0.4, -0.2) is 71.0 Å². The average molecular weight is 476 g/mol. The average Bonchev–Trinajstić information content (AvgIpc) is 3.33. The predicted molar refractivity (Wildman–Crippen MR) is 120 cm³/mol. The molecule has 3 aliphatic rings. The van der Waals surface area contributed by atoms with Gasteiger partial charge >= 0.3 is 5.97 Å². The van der Waals surface area contributed by atoms with Crippen molar-refractivity contribution < 1.29 is 22.7 Å². The van der Waals surface area contributed by atoms with Crippen molar-refractivity contribution in [2.45, 2.75) is 24.0 Å². The lowest BCUT2D eigenvalue weighted by Gasteiger charge is -2.19. The van der Waals surface area contributed by atoms with Gasteiger partial charge in [0.1, 0.15) is 17.6 Å². The Hall–Kier alpha value is -2.86. The van der Waals surface area contributed by atoms with E-state index in [-0.39, 0.29) is 29.1 Å². The van der Waals surface area contributed by atoms with E-state index in [1.807, 2.05) is 4.57 Å². The molecule has 0 aromatic carbocycles. The van der Waals surface area contributed by atoms with Crippen LogP contribution in [0.2, 0.25) is 0 Å². The molecule has 0 N–H and O–H groups in total. The summed E-state index contributed by atoms with van der Waals surface area (Å²) in [6, 6.07) is 0. The zero-order valence-electron chi connectivity index (χ0n) is 17.3. The molecule has 2 atom stereocenters. The van der Waals surface area contributed by atoms with E-state index >= 15 is 0 Å². The first kappa shape index (κ1) is 22.3. The van der Waals surface area contributed by atoms with Gasteiger partial charge in [-0.3, -0.25) is 4.79 Å². The number of ether oxygens (including phenoxy) is 1. The number of amides is 1. The van der Waals surface area contributed by atoms with Gasteiger partial charge in [0, 0.05) is 12.5 Å². The van der Waals surface area contributed by atoms with Crippen molar-refractivity contribution in [2.75, 3.05) is 24.4 Å². The number of carbonyl (C=O) groups is 2. The number of carbonyl (C=O) groups excluding carboxylic acids is 2. The number of sulfone groups is 1. The normalized spacial score (nSPS) is 23.8. The Balaban J connectivity index is 1.52. The molecule has 32 heavy (non-hydrogen) atoms. The first-order valence-corrected chi connectivity index (χ1v) is 12.7. The van der Waals surface area contributed by atoms with Crippen LogP contribution in [0.4, 0.5) is 0 Å². The van der Waals surface area contributed by atoms with E-state index in [0.29, 0.717) is 41.1 Å². The number of thioether (sulfide) groups is 1. The minimum absolute atomic E-state index is 0.0611. The number of aromatic nitrogens is 3. The van der Waals surface area contributed by atoms with Gasteiger partial charge in [0.25, 0.3) is 5.91 Å². The molecular weight excluding hydrogens is 454 g/mol. The number of rotatable bonds is 7. The molecule has 2 unspecified atom stereocenters. The lowest BCUT2D eigenvalue weighted by atomic mass is 9.93. The molecule has 4 rings (SSSR count). The Kier molecular flexibility index (Phi) is 6.24. The van der Waals surface area contributed by atoms with Crippen molar-refractivity contribution in [1.82, 2.24) is 14.8 Å². The van der Waals surface area contributed by atoms with Crippen LogP contribution in [0, 0.1) is 5.92 Å². The predicted octanol–water partition coefficient (Wildman–Crippen LogP) is 1.12. The van der Waals surface area contributed by atoms with E-state index in [0.717, 1.165) is 0 Å². The van der Waals surface area contributed by atoms with E-state index in [2.05, 4.69) is 26.8 Å². The second-order valence-electron chi connectivity index (χ2n) is 7.46. The second-order valence-corrected chi connectivity index (χ2v) is 10.6. The maximum atomic E-state index is 12.4. The minimum Gasteiger partial charge on any atom is -0.465 e. The quantitative estimate of drug-likeness (QED) is 0.325. The van der Waals surface area contributed by atoms with Crippen molar-refractivity contribution in [3.8, 4) is 0 Å². The van der Waals surface area contributed by atoms with E-state index < -0.39 is 21.7 Å². The van der Waals surface area contributed by atoms with Crippen LogP contribution < -0.4 is 0 Å². The SMILES string of the molecule is C=CCn1c(SCC2=NC(=O)C3C=CC(C(=O)OC)=CC3=N2)nnc1C1CCS(=O)(=O)C1. The molecule has 0 saturated carbocycles. The first-order chi connectivity index (χ1) is 15.3. The van der Waals surface area contributed by atoms with Crippen molar-refractivity contribution in [3.63, 3.8) is 0 Å². The zero-order valence-corrected chi connectivity index (χ0v) is 18.9. The summed E-state index contributed by atoms with van der Waals surface area (Å²) < 4.78 is 30.3. The number of methoxy groups -OCH3 is 1.